The van der Waals surface area contributed by atoms with Crippen LogP contribution < -0.4 is 11.1 Å². The van der Waals surface area contributed by atoms with Crippen molar-refractivity contribution < 1.29 is 9.53 Å². The molecule has 0 radical (unpaired) electrons. The zero-order valence-electron chi connectivity index (χ0n) is 10.8. The van der Waals surface area contributed by atoms with Crippen LogP contribution in [0, 0.1) is 0 Å². The lowest BCUT2D eigenvalue weighted by Gasteiger charge is -2.13. The monoisotopic (exact) mass is 272 g/mol. The van der Waals surface area contributed by atoms with E-state index in [1.165, 1.54) is 0 Å². The summed E-state index contributed by atoms with van der Waals surface area (Å²) in [5.41, 5.74) is 6.96. The summed E-state index contributed by atoms with van der Waals surface area (Å²) in [5, 5.41) is 2.75. The van der Waals surface area contributed by atoms with E-state index in [1.54, 1.807) is 0 Å². The molecular formula is C13H21ClN2O2. The van der Waals surface area contributed by atoms with E-state index >= 15 is 0 Å². The van der Waals surface area contributed by atoms with Crippen LogP contribution in [0.3, 0.4) is 0 Å². The largest absolute Gasteiger partial charge is 0.369 e. The molecule has 1 amide bonds. The van der Waals surface area contributed by atoms with Crippen LogP contribution >= 0.6 is 12.4 Å². The summed E-state index contributed by atoms with van der Waals surface area (Å²) >= 11 is 0. The maximum Gasteiger partial charge on any atom is 0.246 e. The van der Waals surface area contributed by atoms with Gasteiger partial charge >= 0.3 is 0 Å². The van der Waals surface area contributed by atoms with Crippen molar-refractivity contribution in [3.63, 3.8) is 0 Å². The number of ether oxygens (including phenoxy) is 1. The molecule has 1 unspecified atom stereocenters. The molecule has 5 heteroatoms. The SMILES string of the molecule is CC(C)OCC(=O)NCC(N)c1ccccc1.Cl. The molecule has 102 valence electrons. The predicted molar refractivity (Wildman–Crippen MR) is 74.7 cm³/mol. The average molecular weight is 273 g/mol. The van der Waals surface area contributed by atoms with Gasteiger partial charge in [-0.3, -0.25) is 4.79 Å². The fraction of sp³-hybridized carbons (Fsp3) is 0.462. The number of amides is 1. The summed E-state index contributed by atoms with van der Waals surface area (Å²) in [6, 6.07) is 9.51. The molecular weight excluding hydrogens is 252 g/mol. The lowest BCUT2D eigenvalue weighted by atomic mass is 10.1. The highest BCUT2D eigenvalue weighted by Gasteiger charge is 2.08. The second-order valence-electron chi connectivity index (χ2n) is 4.18. The standard InChI is InChI=1S/C13H20N2O2.ClH/c1-10(2)17-9-13(16)15-8-12(14)11-6-4-3-5-7-11;/h3-7,10,12H,8-9,14H2,1-2H3,(H,15,16);1H. The van der Waals surface area contributed by atoms with Gasteiger partial charge in [-0.05, 0) is 19.4 Å². The van der Waals surface area contributed by atoms with Crippen molar-refractivity contribution in [2.24, 2.45) is 5.73 Å². The minimum atomic E-state index is -0.181. The van der Waals surface area contributed by atoms with Crippen LogP contribution in [0.5, 0.6) is 0 Å². The summed E-state index contributed by atoms with van der Waals surface area (Å²) in [4.78, 5) is 11.4. The minimum absolute atomic E-state index is 0. The van der Waals surface area contributed by atoms with Gasteiger partial charge in [0.05, 0.1) is 6.10 Å². The van der Waals surface area contributed by atoms with E-state index in [0.717, 1.165) is 5.56 Å². The second-order valence-corrected chi connectivity index (χ2v) is 4.18. The van der Waals surface area contributed by atoms with Crippen molar-refractivity contribution in [1.29, 1.82) is 0 Å². The van der Waals surface area contributed by atoms with Crippen molar-refractivity contribution in [2.75, 3.05) is 13.2 Å². The molecule has 0 bridgehead atoms. The van der Waals surface area contributed by atoms with Crippen LogP contribution in [0.4, 0.5) is 0 Å². The fourth-order valence-electron chi connectivity index (χ4n) is 1.34. The first-order valence-corrected chi connectivity index (χ1v) is 5.78. The topological polar surface area (TPSA) is 64.3 Å². The molecule has 0 saturated carbocycles. The quantitative estimate of drug-likeness (QED) is 0.828. The second kappa shape index (κ2) is 8.91. The van der Waals surface area contributed by atoms with Crippen molar-refractivity contribution in [2.45, 2.75) is 26.0 Å². The molecule has 0 aliphatic carbocycles. The maximum atomic E-state index is 11.4. The van der Waals surface area contributed by atoms with Gasteiger partial charge < -0.3 is 15.8 Å². The Kier molecular flexibility index (Phi) is 8.37. The first-order chi connectivity index (χ1) is 8.09. The molecule has 18 heavy (non-hydrogen) atoms. The lowest BCUT2D eigenvalue weighted by molar-refractivity contribution is -0.127. The Bertz CT molecular complexity index is 344. The molecule has 0 fully saturated rings. The van der Waals surface area contributed by atoms with Crippen LogP contribution in [0.2, 0.25) is 0 Å². The number of rotatable bonds is 6. The average Bonchev–Trinajstić information content (AvgIpc) is 2.34. The Morgan fingerprint density at radius 1 is 1.33 bits per heavy atom. The van der Waals surface area contributed by atoms with E-state index in [1.807, 2.05) is 44.2 Å². The molecule has 0 aliphatic heterocycles. The first-order valence-electron chi connectivity index (χ1n) is 5.78. The molecule has 0 aliphatic rings. The van der Waals surface area contributed by atoms with E-state index in [0.29, 0.717) is 6.54 Å². The fourth-order valence-corrected chi connectivity index (χ4v) is 1.34. The minimum Gasteiger partial charge on any atom is -0.369 e. The smallest absolute Gasteiger partial charge is 0.246 e. The van der Waals surface area contributed by atoms with E-state index in [2.05, 4.69) is 5.32 Å². The Balaban J connectivity index is 0.00000289. The first kappa shape index (κ1) is 16.9. The normalized spacial score (nSPS) is 11.8. The van der Waals surface area contributed by atoms with Crippen molar-refractivity contribution in [3.05, 3.63) is 35.9 Å². The van der Waals surface area contributed by atoms with Crippen LogP contribution in [-0.2, 0) is 9.53 Å². The summed E-state index contributed by atoms with van der Waals surface area (Å²) in [6.45, 7) is 4.29. The lowest BCUT2D eigenvalue weighted by Crippen LogP contribution is -2.34. The Labute approximate surface area is 114 Å². The number of hydrogen-bond donors (Lipinski definition) is 2. The zero-order chi connectivity index (χ0) is 12.7. The number of carbonyl (C=O) groups is 1. The van der Waals surface area contributed by atoms with Gasteiger partial charge in [0, 0.05) is 12.6 Å². The van der Waals surface area contributed by atoms with Crippen molar-refractivity contribution >= 4 is 18.3 Å². The van der Waals surface area contributed by atoms with Crippen LogP contribution in [0.15, 0.2) is 30.3 Å². The van der Waals surface area contributed by atoms with Crippen molar-refractivity contribution in [1.82, 2.24) is 5.32 Å². The Hall–Kier alpha value is -1.10. The van der Waals surface area contributed by atoms with Crippen LogP contribution in [-0.4, -0.2) is 25.2 Å². The molecule has 0 spiro atoms. The molecule has 1 rings (SSSR count). The summed E-state index contributed by atoms with van der Waals surface area (Å²) < 4.78 is 5.19. The van der Waals surface area contributed by atoms with Gasteiger partial charge in [-0.1, -0.05) is 30.3 Å². The molecule has 1 atom stereocenters. The van der Waals surface area contributed by atoms with Gasteiger partial charge in [0.15, 0.2) is 0 Å². The highest BCUT2D eigenvalue weighted by Crippen LogP contribution is 2.07. The zero-order valence-corrected chi connectivity index (χ0v) is 11.6. The number of hydrogen-bond acceptors (Lipinski definition) is 3. The van der Waals surface area contributed by atoms with Gasteiger partial charge in [-0.15, -0.1) is 12.4 Å². The molecule has 4 nitrogen and oxygen atoms in total. The summed E-state index contributed by atoms with van der Waals surface area (Å²) in [7, 11) is 0. The molecule has 0 aromatic heterocycles. The van der Waals surface area contributed by atoms with E-state index in [-0.39, 0.29) is 37.1 Å². The Morgan fingerprint density at radius 2 is 1.94 bits per heavy atom. The van der Waals surface area contributed by atoms with Gasteiger partial charge in [-0.25, -0.2) is 0 Å². The van der Waals surface area contributed by atoms with Gasteiger partial charge in [0.25, 0.3) is 0 Å². The van der Waals surface area contributed by atoms with Gasteiger partial charge in [-0.2, -0.15) is 0 Å². The van der Waals surface area contributed by atoms with Crippen LogP contribution in [0.1, 0.15) is 25.5 Å². The third-order valence-electron chi connectivity index (χ3n) is 2.29. The van der Waals surface area contributed by atoms with Gasteiger partial charge in [0.2, 0.25) is 5.91 Å². The van der Waals surface area contributed by atoms with E-state index in [4.69, 9.17) is 10.5 Å². The van der Waals surface area contributed by atoms with Crippen LogP contribution in [0.25, 0.3) is 0 Å². The molecule has 3 N–H and O–H groups in total. The third-order valence-corrected chi connectivity index (χ3v) is 2.29. The molecule has 0 heterocycles. The highest BCUT2D eigenvalue weighted by molar-refractivity contribution is 5.85. The molecule has 0 saturated heterocycles. The van der Waals surface area contributed by atoms with Crippen molar-refractivity contribution in [3.8, 4) is 0 Å². The number of halogens is 1. The maximum absolute atomic E-state index is 11.4. The summed E-state index contributed by atoms with van der Waals surface area (Å²) in [6.07, 6.45) is 0.0588. The number of nitrogens with two attached hydrogens (primary N) is 1. The summed E-state index contributed by atoms with van der Waals surface area (Å²) in [5.74, 6) is -0.134. The highest BCUT2D eigenvalue weighted by atomic mass is 35.5. The predicted octanol–water partition coefficient (Wildman–Crippen LogP) is 1.65. The number of nitrogens with one attached hydrogen (secondary N) is 1. The molecule has 1 aromatic rings. The number of carbonyl (C=O) groups excluding carboxylic acids is 1. The van der Waals surface area contributed by atoms with E-state index < -0.39 is 0 Å². The van der Waals surface area contributed by atoms with Gasteiger partial charge in [0.1, 0.15) is 6.61 Å². The third kappa shape index (κ3) is 6.59. The van der Waals surface area contributed by atoms with E-state index in [9.17, 15) is 4.79 Å². The Morgan fingerprint density at radius 3 is 2.50 bits per heavy atom. The molecule has 1 aromatic carbocycles. The number of benzene rings is 1.